The third-order valence-electron chi connectivity index (χ3n) is 5.61. The number of benzene rings is 1. The molecule has 2 aliphatic rings. The van der Waals surface area contributed by atoms with E-state index in [1.54, 1.807) is 7.11 Å². The number of methoxy groups -OCH3 is 1. The number of aromatic nitrogens is 3. The number of ether oxygens (including phenoxy) is 2. The normalized spacial score (nSPS) is 19.6. The second-order valence-electron chi connectivity index (χ2n) is 7.36. The minimum atomic E-state index is 0.357. The molecule has 3 aromatic rings. The van der Waals surface area contributed by atoms with Gasteiger partial charge in [-0.05, 0) is 24.5 Å². The summed E-state index contributed by atoms with van der Waals surface area (Å²) in [5.74, 6) is 2.10. The smallest absolute Gasteiger partial charge is 0.156 e. The van der Waals surface area contributed by atoms with Crippen LogP contribution >= 0.6 is 0 Å². The molecule has 5 rings (SSSR count). The highest BCUT2D eigenvalue weighted by Crippen LogP contribution is 2.31. The number of H-pyrrole nitrogens is 1. The van der Waals surface area contributed by atoms with Gasteiger partial charge in [0.2, 0.25) is 0 Å². The van der Waals surface area contributed by atoms with Crippen LogP contribution in [-0.2, 0) is 29.0 Å². The molecular weight excluding hydrogens is 340 g/mol. The number of fused-ring (bicyclic) bond motifs is 3. The molecule has 140 valence electrons. The standard InChI is InChI=1S/C21H24N4O2/c1-26-13-20-23-18(14-7-9-27-12-14)10-21(24-20)25-8-6-16-15-4-2-3-5-17(15)22-19(16)11-25/h2-5,10,14,22H,6-9,11-13H2,1H3. The summed E-state index contributed by atoms with van der Waals surface area (Å²) in [5, 5.41) is 1.35. The number of rotatable bonds is 4. The summed E-state index contributed by atoms with van der Waals surface area (Å²) >= 11 is 0. The van der Waals surface area contributed by atoms with Crippen LogP contribution < -0.4 is 4.90 Å². The van der Waals surface area contributed by atoms with Crippen LogP contribution in [0.4, 0.5) is 5.82 Å². The summed E-state index contributed by atoms with van der Waals surface area (Å²) in [6.45, 7) is 3.79. The molecule has 1 atom stereocenters. The minimum absolute atomic E-state index is 0.357. The first kappa shape index (κ1) is 16.7. The molecule has 0 spiro atoms. The van der Waals surface area contributed by atoms with Crippen LogP contribution in [0.25, 0.3) is 10.9 Å². The molecule has 1 unspecified atom stereocenters. The Bertz CT molecular complexity index is 962. The lowest BCUT2D eigenvalue weighted by molar-refractivity contribution is 0.177. The SMILES string of the molecule is COCc1nc(C2CCOC2)cc(N2CCc3c([nH]c4ccccc34)C2)n1. The Morgan fingerprint density at radius 3 is 3.07 bits per heavy atom. The topological polar surface area (TPSA) is 63.3 Å². The summed E-state index contributed by atoms with van der Waals surface area (Å²) in [6, 6.07) is 10.7. The average molecular weight is 364 g/mol. The third kappa shape index (κ3) is 3.09. The zero-order valence-corrected chi connectivity index (χ0v) is 15.6. The first-order valence-corrected chi connectivity index (χ1v) is 9.60. The lowest BCUT2D eigenvalue weighted by atomic mass is 10.0. The minimum Gasteiger partial charge on any atom is -0.381 e. The molecule has 2 aliphatic heterocycles. The average Bonchev–Trinajstić information content (AvgIpc) is 3.35. The number of nitrogens with one attached hydrogen (secondary N) is 1. The molecule has 1 aromatic carbocycles. The number of nitrogens with zero attached hydrogens (tertiary/aromatic N) is 3. The second kappa shape index (κ2) is 6.94. The lowest BCUT2D eigenvalue weighted by Crippen LogP contribution is -2.31. The fourth-order valence-corrected chi connectivity index (χ4v) is 4.22. The van der Waals surface area contributed by atoms with Crippen molar-refractivity contribution >= 4 is 16.7 Å². The van der Waals surface area contributed by atoms with E-state index in [2.05, 4.69) is 40.2 Å². The molecule has 27 heavy (non-hydrogen) atoms. The summed E-state index contributed by atoms with van der Waals surface area (Å²) in [5.41, 5.74) is 5.03. The fraction of sp³-hybridized carbons (Fsp3) is 0.429. The van der Waals surface area contributed by atoms with Crippen molar-refractivity contribution < 1.29 is 9.47 Å². The first-order valence-electron chi connectivity index (χ1n) is 9.60. The molecular formula is C21H24N4O2. The fourth-order valence-electron chi connectivity index (χ4n) is 4.22. The van der Waals surface area contributed by atoms with Gasteiger partial charge in [-0.1, -0.05) is 18.2 Å². The Labute approximate surface area is 158 Å². The predicted molar refractivity (Wildman–Crippen MR) is 104 cm³/mol. The predicted octanol–water partition coefficient (Wildman–Crippen LogP) is 3.17. The summed E-state index contributed by atoms with van der Waals surface area (Å²) in [6.07, 6.45) is 2.04. The Morgan fingerprint density at radius 1 is 1.30 bits per heavy atom. The van der Waals surface area contributed by atoms with Crippen molar-refractivity contribution in [3.8, 4) is 0 Å². The van der Waals surface area contributed by atoms with Gasteiger partial charge in [-0.2, -0.15) is 0 Å². The molecule has 0 saturated carbocycles. The molecule has 2 aromatic heterocycles. The van der Waals surface area contributed by atoms with Gasteiger partial charge in [0, 0.05) is 48.8 Å². The van der Waals surface area contributed by atoms with Crippen LogP contribution in [0, 0.1) is 0 Å². The zero-order chi connectivity index (χ0) is 18.2. The Morgan fingerprint density at radius 2 is 2.22 bits per heavy atom. The van der Waals surface area contributed by atoms with Crippen LogP contribution in [0.3, 0.4) is 0 Å². The van der Waals surface area contributed by atoms with Gasteiger partial charge >= 0.3 is 0 Å². The lowest BCUT2D eigenvalue weighted by Gasteiger charge is -2.29. The van der Waals surface area contributed by atoms with E-state index in [9.17, 15) is 0 Å². The number of para-hydroxylation sites is 1. The zero-order valence-electron chi connectivity index (χ0n) is 15.6. The molecule has 0 bridgehead atoms. The van der Waals surface area contributed by atoms with Crippen molar-refractivity contribution in [1.82, 2.24) is 15.0 Å². The van der Waals surface area contributed by atoms with E-state index >= 15 is 0 Å². The van der Waals surface area contributed by atoms with E-state index < -0.39 is 0 Å². The van der Waals surface area contributed by atoms with Crippen molar-refractivity contribution in [2.75, 3.05) is 31.8 Å². The van der Waals surface area contributed by atoms with Gasteiger partial charge in [-0.3, -0.25) is 0 Å². The maximum absolute atomic E-state index is 5.57. The Hall–Kier alpha value is -2.44. The maximum atomic E-state index is 5.57. The first-order chi connectivity index (χ1) is 13.3. The number of aromatic amines is 1. The third-order valence-corrected chi connectivity index (χ3v) is 5.61. The van der Waals surface area contributed by atoms with Crippen molar-refractivity contribution in [3.63, 3.8) is 0 Å². The second-order valence-corrected chi connectivity index (χ2v) is 7.36. The van der Waals surface area contributed by atoms with E-state index in [1.807, 2.05) is 0 Å². The molecule has 1 N–H and O–H groups in total. The van der Waals surface area contributed by atoms with Gasteiger partial charge < -0.3 is 19.4 Å². The molecule has 0 radical (unpaired) electrons. The summed E-state index contributed by atoms with van der Waals surface area (Å²) in [4.78, 5) is 15.4. The highest BCUT2D eigenvalue weighted by molar-refractivity contribution is 5.85. The van der Waals surface area contributed by atoms with E-state index in [0.717, 1.165) is 56.5 Å². The van der Waals surface area contributed by atoms with Crippen LogP contribution in [-0.4, -0.2) is 41.8 Å². The largest absolute Gasteiger partial charge is 0.381 e. The maximum Gasteiger partial charge on any atom is 0.156 e. The van der Waals surface area contributed by atoms with E-state index in [0.29, 0.717) is 12.5 Å². The monoisotopic (exact) mass is 364 g/mol. The molecule has 4 heterocycles. The molecule has 6 heteroatoms. The van der Waals surface area contributed by atoms with E-state index in [4.69, 9.17) is 19.4 Å². The summed E-state index contributed by atoms with van der Waals surface area (Å²) < 4.78 is 10.9. The van der Waals surface area contributed by atoms with Gasteiger partial charge in [0.15, 0.2) is 5.82 Å². The number of hydrogen-bond acceptors (Lipinski definition) is 5. The quantitative estimate of drug-likeness (QED) is 0.770. The van der Waals surface area contributed by atoms with E-state index in [1.165, 1.54) is 22.2 Å². The molecule has 1 fully saturated rings. The van der Waals surface area contributed by atoms with Gasteiger partial charge in [-0.25, -0.2) is 9.97 Å². The Balaban J connectivity index is 1.48. The van der Waals surface area contributed by atoms with Crippen LogP contribution in [0.2, 0.25) is 0 Å². The van der Waals surface area contributed by atoms with Crippen LogP contribution in [0.1, 0.15) is 35.1 Å². The van der Waals surface area contributed by atoms with E-state index in [-0.39, 0.29) is 0 Å². The van der Waals surface area contributed by atoms with Gasteiger partial charge in [0.05, 0.1) is 18.8 Å². The number of hydrogen-bond donors (Lipinski definition) is 1. The van der Waals surface area contributed by atoms with Crippen LogP contribution in [0.15, 0.2) is 30.3 Å². The molecule has 0 aliphatic carbocycles. The highest BCUT2D eigenvalue weighted by atomic mass is 16.5. The molecule has 6 nitrogen and oxygen atoms in total. The van der Waals surface area contributed by atoms with Gasteiger partial charge in [0.25, 0.3) is 0 Å². The Kier molecular flexibility index (Phi) is 4.30. The van der Waals surface area contributed by atoms with Crippen molar-refractivity contribution in [3.05, 3.63) is 53.1 Å². The van der Waals surface area contributed by atoms with Crippen LogP contribution in [0.5, 0.6) is 0 Å². The summed E-state index contributed by atoms with van der Waals surface area (Å²) in [7, 11) is 1.69. The van der Waals surface area contributed by atoms with Gasteiger partial charge in [-0.15, -0.1) is 0 Å². The molecule has 0 amide bonds. The van der Waals surface area contributed by atoms with Gasteiger partial charge in [0.1, 0.15) is 12.4 Å². The molecule has 1 saturated heterocycles. The van der Waals surface area contributed by atoms with Crippen molar-refractivity contribution in [1.29, 1.82) is 0 Å². The van der Waals surface area contributed by atoms with Crippen molar-refractivity contribution in [2.24, 2.45) is 0 Å². The number of anilines is 1. The highest BCUT2D eigenvalue weighted by Gasteiger charge is 2.25. The van der Waals surface area contributed by atoms with Crippen molar-refractivity contribution in [2.45, 2.75) is 31.9 Å².